The lowest BCUT2D eigenvalue weighted by Crippen LogP contribution is -2.14. The van der Waals surface area contributed by atoms with Crippen LogP contribution in [0.1, 0.15) is 24.0 Å². The van der Waals surface area contributed by atoms with E-state index in [2.05, 4.69) is 11.8 Å². The highest BCUT2D eigenvalue weighted by Crippen LogP contribution is 2.64. The van der Waals surface area contributed by atoms with Gasteiger partial charge in [0.1, 0.15) is 17.7 Å². The van der Waals surface area contributed by atoms with Crippen molar-refractivity contribution < 1.29 is 13.2 Å². The lowest BCUT2D eigenvalue weighted by molar-refractivity contribution is 0.175. The molecule has 0 amide bonds. The zero-order valence-electron chi connectivity index (χ0n) is 11.9. The molecule has 2 aromatic carbocycles. The van der Waals surface area contributed by atoms with Crippen molar-refractivity contribution in [2.75, 3.05) is 0 Å². The van der Waals surface area contributed by atoms with Crippen molar-refractivity contribution in [3.05, 3.63) is 71.5 Å². The number of alkyl halides is 2. The minimum Gasteiger partial charge on any atom is -0.244 e. The highest BCUT2D eigenvalue weighted by Gasteiger charge is 2.73. The molecule has 0 nitrogen and oxygen atoms in total. The van der Waals surface area contributed by atoms with Crippen molar-refractivity contribution in [3.63, 3.8) is 0 Å². The molecule has 0 radical (unpaired) electrons. The molecule has 0 saturated heterocycles. The van der Waals surface area contributed by atoms with Gasteiger partial charge in [-0.25, -0.2) is 13.2 Å². The van der Waals surface area contributed by atoms with E-state index >= 15 is 0 Å². The summed E-state index contributed by atoms with van der Waals surface area (Å²) in [6.07, 6.45) is 0.156. The molecule has 4 rings (SSSR count). The van der Waals surface area contributed by atoms with E-state index in [1.807, 2.05) is 30.3 Å². The van der Waals surface area contributed by atoms with E-state index in [0.29, 0.717) is 12.0 Å². The normalized spacial score (nSPS) is 27.2. The maximum absolute atomic E-state index is 12.8. The van der Waals surface area contributed by atoms with Crippen molar-refractivity contribution in [2.24, 2.45) is 5.92 Å². The average Bonchev–Trinajstić information content (AvgIpc) is 2.89. The average molecular weight is 300 g/mol. The summed E-state index contributed by atoms with van der Waals surface area (Å²) in [5, 5.41) is 0. The molecule has 3 heteroatoms. The fourth-order valence-electron chi connectivity index (χ4n) is 2.54. The van der Waals surface area contributed by atoms with Crippen molar-refractivity contribution >= 4 is 0 Å². The Balaban J connectivity index is 0.000000169. The van der Waals surface area contributed by atoms with E-state index < -0.39 is 11.8 Å². The monoisotopic (exact) mass is 300 g/mol. The minimum absolute atomic E-state index is 0.188. The van der Waals surface area contributed by atoms with E-state index in [0.717, 1.165) is 12.0 Å². The van der Waals surface area contributed by atoms with E-state index in [9.17, 15) is 13.2 Å². The Bertz CT molecular complexity index is 708. The van der Waals surface area contributed by atoms with Gasteiger partial charge in [0.05, 0.1) is 0 Å². The van der Waals surface area contributed by atoms with Crippen LogP contribution in [0, 0.1) is 23.6 Å². The molecule has 0 bridgehead atoms. The smallest absolute Gasteiger partial charge is 0.148 e. The Kier molecular flexibility index (Phi) is 3.94. The lowest BCUT2D eigenvalue weighted by Gasteiger charge is -2.12. The van der Waals surface area contributed by atoms with E-state index in [-0.39, 0.29) is 11.7 Å². The zero-order valence-corrected chi connectivity index (χ0v) is 11.9. The summed E-state index contributed by atoms with van der Waals surface area (Å²) >= 11 is 0. The van der Waals surface area contributed by atoms with Crippen LogP contribution in [0.3, 0.4) is 0 Å². The topological polar surface area (TPSA) is 0 Å². The Labute approximate surface area is 128 Å². The van der Waals surface area contributed by atoms with Crippen molar-refractivity contribution in [1.29, 1.82) is 0 Å². The van der Waals surface area contributed by atoms with Crippen LogP contribution in [-0.2, 0) is 0 Å². The summed E-state index contributed by atoms with van der Waals surface area (Å²) in [6.45, 7) is 0. The maximum Gasteiger partial charge on any atom is 0.148 e. The minimum atomic E-state index is -1.32. The molecule has 3 unspecified atom stereocenters. The second-order valence-electron chi connectivity index (χ2n) is 5.60. The molecule has 2 aliphatic rings. The van der Waals surface area contributed by atoms with Gasteiger partial charge in [-0.15, -0.1) is 0 Å². The highest BCUT2D eigenvalue weighted by atomic mass is 19.2. The highest BCUT2D eigenvalue weighted by molar-refractivity contribution is 5.42. The van der Waals surface area contributed by atoms with E-state index in [1.165, 1.54) is 12.1 Å². The first-order chi connectivity index (χ1) is 10.6. The van der Waals surface area contributed by atoms with Gasteiger partial charge in [0.15, 0.2) is 0 Å². The summed E-state index contributed by atoms with van der Waals surface area (Å²) < 4.78 is 37.1. The van der Waals surface area contributed by atoms with Crippen molar-refractivity contribution in [1.82, 2.24) is 0 Å². The number of hydrogen-bond donors (Lipinski definition) is 0. The first-order valence-corrected chi connectivity index (χ1v) is 7.25. The van der Waals surface area contributed by atoms with Crippen LogP contribution in [0.25, 0.3) is 0 Å². The molecule has 0 aromatic heterocycles. The summed E-state index contributed by atoms with van der Waals surface area (Å²) in [7, 11) is 0. The number of hydrogen-bond acceptors (Lipinski definition) is 0. The SMILES string of the molecule is FC1C2CCC12F.Fc1cccc(C#Cc2ccccc2)c1. The number of rotatable bonds is 0. The molecule has 0 heterocycles. The van der Waals surface area contributed by atoms with Crippen LogP contribution < -0.4 is 0 Å². The molecule has 0 N–H and O–H groups in total. The van der Waals surface area contributed by atoms with E-state index in [1.54, 1.807) is 12.1 Å². The quantitative estimate of drug-likeness (QED) is 0.620. The van der Waals surface area contributed by atoms with Gasteiger partial charge in [-0.3, -0.25) is 0 Å². The molecule has 0 aliphatic heterocycles. The van der Waals surface area contributed by atoms with Gasteiger partial charge in [-0.1, -0.05) is 36.1 Å². The van der Waals surface area contributed by atoms with Crippen LogP contribution in [0.15, 0.2) is 54.6 Å². The van der Waals surface area contributed by atoms with Crippen LogP contribution >= 0.6 is 0 Å². The molecule has 3 atom stereocenters. The molecular formula is C19H15F3. The van der Waals surface area contributed by atoms with Crippen LogP contribution in [-0.4, -0.2) is 11.8 Å². The Morgan fingerprint density at radius 1 is 0.955 bits per heavy atom. The van der Waals surface area contributed by atoms with Gasteiger partial charge < -0.3 is 0 Å². The second-order valence-corrected chi connectivity index (χ2v) is 5.60. The Morgan fingerprint density at radius 2 is 1.59 bits per heavy atom. The molecule has 22 heavy (non-hydrogen) atoms. The van der Waals surface area contributed by atoms with Crippen LogP contribution in [0.2, 0.25) is 0 Å². The van der Waals surface area contributed by atoms with Gasteiger partial charge in [0.25, 0.3) is 0 Å². The molecule has 2 aromatic rings. The number of fused-ring (bicyclic) bond motifs is 1. The molecule has 112 valence electrons. The Morgan fingerprint density at radius 3 is 2.09 bits per heavy atom. The fraction of sp³-hybridized carbons (Fsp3) is 0.263. The molecule has 0 spiro atoms. The first kappa shape index (κ1) is 14.7. The van der Waals surface area contributed by atoms with E-state index in [4.69, 9.17) is 0 Å². The maximum atomic E-state index is 12.8. The van der Waals surface area contributed by atoms with Crippen LogP contribution in [0.4, 0.5) is 13.2 Å². The standard InChI is InChI=1S/C14H9F.C5H6F2/c15-14-8-4-7-13(11-14)10-9-12-5-2-1-3-6-12;6-4-3-1-2-5(3,4)7/h1-8,11H;3-4H,1-2H2. The molecule has 2 saturated carbocycles. The Hall–Kier alpha value is -2.21. The van der Waals surface area contributed by atoms with Crippen LogP contribution in [0.5, 0.6) is 0 Å². The van der Waals surface area contributed by atoms with Crippen molar-refractivity contribution in [3.8, 4) is 11.8 Å². The van der Waals surface area contributed by atoms with Gasteiger partial charge in [0.2, 0.25) is 0 Å². The van der Waals surface area contributed by atoms with Gasteiger partial charge in [0, 0.05) is 17.0 Å². The summed E-state index contributed by atoms with van der Waals surface area (Å²) in [5.74, 6) is 5.44. The summed E-state index contributed by atoms with van der Waals surface area (Å²) in [6, 6.07) is 15.9. The third-order valence-electron chi connectivity index (χ3n) is 4.11. The predicted molar refractivity (Wildman–Crippen MR) is 80.3 cm³/mol. The molecule has 2 fully saturated rings. The second kappa shape index (κ2) is 5.88. The van der Waals surface area contributed by atoms with Gasteiger partial charge in [-0.05, 0) is 43.2 Å². The van der Waals surface area contributed by atoms with Crippen molar-refractivity contribution in [2.45, 2.75) is 24.7 Å². The summed E-state index contributed by atoms with van der Waals surface area (Å²) in [5.41, 5.74) is 0.306. The van der Waals surface area contributed by atoms with Gasteiger partial charge >= 0.3 is 0 Å². The third kappa shape index (κ3) is 3.01. The largest absolute Gasteiger partial charge is 0.244 e. The lowest BCUT2D eigenvalue weighted by atomic mass is 9.98. The predicted octanol–water partition coefficient (Wildman–Crippen LogP) is 4.68. The zero-order chi connectivity index (χ0) is 15.6. The molecule has 2 aliphatic carbocycles. The van der Waals surface area contributed by atoms with Gasteiger partial charge in [-0.2, -0.15) is 0 Å². The number of halogens is 3. The number of benzene rings is 2. The third-order valence-corrected chi connectivity index (χ3v) is 4.11. The fourth-order valence-corrected chi connectivity index (χ4v) is 2.54. The molecular weight excluding hydrogens is 285 g/mol. The summed E-state index contributed by atoms with van der Waals surface area (Å²) in [4.78, 5) is 0. The first-order valence-electron chi connectivity index (χ1n) is 7.25.